The molecule has 0 fully saturated rings. The van der Waals surface area contributed by atoms with Crippen molar-refractivity contribution < 1.29 is 9.47 Å². The number of methoxy groups -OCH3 is 1. The Labute approximate surface area is 99.7 Å². The van der Waals surface area contributed by atoms with Crippen LogP contribution in [-0.2, 0) is 4.74 Å². The largest absolute Gasteiger partial charge is 0.463 e. The van der Waals surface area contributed by atoms with Gasteiger partial charge in [0.25, 0.3) is 0 Å². The number of unbranched alkanes of at least 4 members (excludes halogenated alkanes) is 1. The molecule has 1 atom stereocenters. The summed E-state index contributed by atoms with van der Waals surface area (Å²) in [6.07, 6.45) is 1.70. The first-order chi connectivity index (χ1) is 8.24. The molecule has 0 amide bonds. The quantitative estimate of drug-likeness (QED) is 0.660. The Balaban J connectivity index is 2.10. The summed E-state index contributed by atoms with van der Waals surface area (Å²) in [7, 11) is 1.58. The smallest absolute Gasteiger partial charge is 0.320 e. The molecular weight excluding hydrogens is 222 g/mol. The lowest BCUT2D eigenvalue weighted by Gasteiger charge is -2.07. The van der Waals surface area contributed by atoms with Crippen molar-refractivity contribution in [3.05, 3.63) is 0 Å². The Morgan fingerprint density at radius 2 is 2.18 bits per heavy atom. The van der Waals surface area contributed by atoms with E-state index in [0.717, 1.165) is 12.8 Å². The van der Waals surface area contributed by atoms with Gasteiger partial charge in [-0.25, -0.2) is 0 Å². The number of aromatic nitrogens is 2. The van der Waals surface area contributed by atoms with Crippen molar-refractivity contribution >= 4 is 17.3 Å². The molecule has 0 bridgehead atoms. The van der Waals surface area contributed by atoms with Crippen molar-refractivity contribution in [2.75, 3.05) is 30.1 Å². The van der Waals surface area contributed by atoms with Crippen LogP contribution in [0.5, 0.6) is 6.01 Å². The Hall–Kier alpha value is -1.76. The highest BCUT2D eigenvalue weighted by atomic mass is 16.5. The zero-order valence-electron chi connectivity index (χ0n) is 9.99. The molecule has 1 unspecified atom stereocenters. The second kappa shape index (κ2) is 5.05. The fourth-order valence-electron chi connectivity index (χ4n) is 1.49. The van der Waals surface area contributed by atoms with Gasteiger partial charge < -0.3 is 25.8 Å². The first kappa shape index (κ1) is 11.7. The molecule has 1 aromatic rings. The second-order valence-corrected chi connectivity index (χ2v) is 3.72. The molecule has 4 N–H and O–H groups in total. The van der Waals surface area contributed by atoms with Gasteiger partial charge in [0.1, 0.15) is 5.69 Å². The molecule has 0 aromatic carbocycles. The van der Waals surface area contributed by atoms with Gasteiger partial charge in [-0.05, 0) is 6.42 Å². The highest BCUT2D eigenvalue weighted by Crippen LogP contribution is 2.33. The molecular formula is C10H17N5O2. The monoisotopic (exact) mass is 239 g/mol. The minimum Gasteiger partial charge on any atom is -0.463 e. The number of fused-ring (bicyclic) bond motifs is 1. The summed E-state index contributed by atoms with van der Waals surface area (Å²) in [5.74, 6) is 0.962. The summed E-state index contributed by atoms with van der Waals surface area (Å²) in [6.45, 7) is 2.69. The van der Waals surface area contributed by atoms with Gasteiger partial charge >= 0.3 is 6.01 Å². The van der Waals surface area contributed by atoms with E-state index < -0.39 is 0 Å². The van der Waals surface area contributed by atoms with Crippen LogP contribution in [0.25, 0.3) is 0 Å². The summed E-state index contributed by atoms with van der Waals surface area (Å²) in [4.78, 5) is 8.29. The van der Waals surface area contributed by atoms with E-state index in [9.17, 15) is 0 Å². The van der Waals surface area contributed by atoms with Crippen LogP contribution in [0.4, 0.5) is 17.3 Å². The molecule has 0 saturated heterocycles. The summed E-state index contributed by atoms with van der Waals surface area (Å²) < 4.78 is 10.5. The number of anilines is 3. The van der Waals surface area contributed by atoms with Crippen LogP contribution in [0.2, 0.25) is 0 Å². The molecule has 7 nitrogen and oxygen atoms in total. The average molecular weight is 239 g/mol. The molecule has 0 spiro atoms. The van der Waals surface area contributed by atoms with Crippen LogP contribution in [0.3, 0.4) is 0 Å². The predicted octanol–water partition coefficient (Wildman–Crippen LogP) is 1.01. The van der Waals surface area contributed by atoms with Gasteiger partial charge in [-0.2, -0.15) is 9.97 Å². The molecule has 0 saturated carbocycles. The fraction of sp³-hybridized carbons (Fsp3) is 0.600. The number of nitrogens with zero attached hydrogens (tertiary/aromatic N) is 2. The van der Waals surface area contributed by atoms with E-state index in [0.29, 0.717) is 29.9 Å². The van der Waals surface area contributed by atoms with Crippen LogP contribution in [0, 0.1) is 0 Å². The molecule has 1 aliphatic heterocycles. The molecule has 0 radical (unpaired) electrons. The average Bonchev–Trinajstić information content (AvgIpc) is 2.73. The standard InChI is InChI=1S/C10H17N5O2/c1-3-4-5-17-10-13-7(11)6-8(15-10)14-9(12-6)16-2/h9,12H,3-5H2,1-2H3,(H3,11,13,14,15). The number of hydrogen-bond donors (Lipinski definition) is 3. The van der Waals surface area contributed by atoms with Gasteiger partial charge in [0.2, 0.25) is 6.35 Å². The Kier molecular flexibility index (Phi) is 3.48. The first-order valence-electron chi connectivity index (χ1n) is 5.60. The molecule has 94 valence electrons. The van der Waals surface area contributed by atoms with Gasteiger partial charge in [-0.15, -0.1) is 0 Å². The van der Waals surface area contributed by atoms with Crippen LogP contribution < -0.4 is 21.1 Å². The lowest BCUT2D eigenvalue weighted by molar-refractivity contribution is 0.151. The van der Waals surface area contributed by atoms with Gasteiger partial charge in [0, 0.05) is 7.11 Å². The first-order valence-corrected chi connectivity index (χ1v) is 5.60. The van der Waals surface area contributed by atoms with Crippen molar-refractivity contribution in [2.24, 2.45) is 0 Å². The van der Waals surface area contributed by atoms with Gasteiger partial charge in [0.15, 0.2) is 11.6 Å². The van der Waals surface area contributed by atoms with Crippen LogP contribution >= 0.6 is 0 Å². The minimum absolute atomic E-state index is 0.292. The number of rotatable bonds is 5. The maximum atomic E-state index is 5.80. The van der Waals surface area contributed by atoms with E-state index in [1.165, 1.54) is 0 Å². The minimum atomic E-state index is -0.326. The number of nitrogen functional groups attached to an aromatic ring is 1. The number of ether oxygens (including phenoxy) is 2. The van der Waals surface area contributed by atoms with Crippen LogP contribution in [0.15, 0.2) is 0 Å². The zero-order chi connectivity index (χ0) is 12.3. The third-order valence-electron chi connectivity index (χ3n) is 2.42. The summed E-state index contributed by atoms with van der Waals surface area (Å²) in [5.41, 5.74) is 6.46. The van der Waals surface area contributed by atoms with E-state index in [1.54, 1.807) is 7.11 Å². The van der Waals surface area contributed by atoms with Crippen LogP contribution in [-0.4, -0.2) is 30.0 Å². The van der Waals surface area contributed by atoms with Crippen molar-refractivity contribution in [3.8, 4) is 6.01 Å². The molecule has 17 heavy (non-hydrogen) atoms. The Morgan fingerprint density at radius 1 is 1.35 bits per heavy atom. The normalized spacial score (nSPS) is 17.2. The van der Waals surface area contributed by atoms with Crippen molar-refractivity contribution in [1.29, 1.82) is 0 Å². The third-order valence-corrected chi connectivity index (χ3v) is 2.42. The lowest BCUT2D eigenvalue weighted by Crippen LogP contribution is -2.23. The summed E-state index contributed by atoms with van der Waals surface area (Å²) in [6, 6.07) is 0.292. The summed E-state index contributed by atoms with van der Waals surface area (Å²) in [5, 5.41) is 6.02. The fourth-order valence-corrected chi connectivity index (χ4v) is 1.49. The zero-order valence-corrected chi connectivity index (χ0v) is 9.99. The predicted molar refractivity (Wildman–Crippen MR) is 64.9 cm³/mol. The SMILES string of the molecule is CCCCOc1nc(N)c2c(n1)NC(OC)N2. The van der Waals surface area contributed by atoms with Crippen molar-refractivity contribution in [1.82, 2.24) is 9.97 Å². The third kappa shape index (κ3) is 2.50. The maximum absolute atomic E-state index is 5.80. The highest BCUT2D eigenvalue weighted by Gasteiger charge is 2.24. The van der Waals surface area contributed by atoms with Crippen molar-refractivity contribution in [3.63, 3.8) is 0 Å². The van der Waals surface area contributed by atoms with Gasteiger partial charge in [0.05, 0.1) is 6.61 Å². The second-order valence-electron chi connectivity index (χ2n) is 3.72. The van der Waals surface area contributed by atoms with E-state index in [4.69, 9.17) is 15.2 Å². The maximum Gasteiger partial charge on any atom is 0.320 e. The molecule has 1 aromatic heterocycles. The van der Waals surface area contributed by atoms with Crippen LogP contribution in [0.1, 0.15) is 19.8 Å². The molecule has 0 aliphatic carbocycles. The van der Waals surface area contributed by atoms with E-state index in [-0.39, 0.29) is 6.35 Å². The molecule has 2 rings (SSSR count). The van der Waals surface area contributed by atoms with E-state index in [1.807, 2.05) is 0 Å². The topological polar surface area (TPSA) is 94.3 Å². The number of nitrogens with one attached hydrogen (secondary N) is 2. The summed E-state index contributed by atoms with van der Waals surface area (Å²) >= 11 is 0. The molecule has 2 heterocycles. The Bertz CT molecular complexity index is 399. The van der Waals surface area contributed by atoms with Gasteiger partial charge in [-0.3, -0.25) is 0 Å². The molecule has 7 heteroatoms. The van der Waals surface area contributed by atoms with E-state index in [2.05, 4.69) is 27.5 Å². The Morgan fingerprint density at radius 3 is 2.88 bits per heavy atom. The number of hydrogen-bond acceptors (Lipinski definition) is 7. The number of nitrogens with two attached hydrogens (primary N) is 1. The molecule has 1 aliphatic rings. The van der Waals surface area contributed by atoms with Gasteiger partial charge in [-0.1, -0.05) is 13.3 Å². The highest BCUT2D eigenvalue weighted by molar-refractivity contribution is 5.79. The lowest BCUT2D eigenvalue weighted by atomic mass is 10.4. The van der Waals surface area contributed by atoms with E-state index >= 15 is 0 Å². The van der Waals surface area contributed by atoms with Crippen molar-refractivity contribution in [2.45, 2.75) is 26.1 Å².